The third kappa shape index (κ3) is 5.31. The van der Waals surface area contributed by atoms with Crippen molar-refractivity contribution >= 4 is 17.0 Å². The van der Waals surface area contributed by atoms with Crippen LogP contribution in [-0.2, 0) is 20.2 Å². The number of aryl methyl sites for hydroxylation is 1. The smallest absolute Gasteiger partial charge is 0.338 e. The number of halogens is 2. The highest BCUT2D eigenvalue weighted by Crippen LogP contribution is 2.33. The number of aromatic nitrogens is 3. The number of methoxy groups -OCH3 is 1. The average molecular weight is 548 g/mol. The number of carboxylic acids is 1. The number of hydrogen-bond acceptors (Lipinski definition) is 7. The first-order chi connectivity index (χ1) is 19.3. The van der Waals surface area contributed by atoms with E-state index in [-0.39, 0.29) is 23.8 Å². The van der Waals surface area contributed by atoms with Gasteiger partial charge in [-0.25, -0.2) is 23.5 Å². The highest BCUT2D eigenvalue weighted by Gasteiger charge is 2.26. The quantitative estimate of drug-likeness (QED) is 0.335. The Morgan fingerprint density at radius 3 is 2.62 bits per heavy atom. The Kier molecular flexibility index (Phi) is 7.62. The summed E-state index contributed by atoms with van der Waals surface area (Å²) in [6.45, 7) is 2.08. The van der Waals surface area contributed by atoms with Crippen molar-refractivity contribution in [2.45, 2.75) is 31.9 Å². The van der Waals surface area contributed by atoms with Crippen molar-refractivity contribution in [3.05, 3.63) is 82.3 Å². The van der Waals surface area contributed by atoms with Crippen molar-refractivity contribution in [2.24, 2.45) is 7.05 Å². The molecule has 206 valence electrons. The van der Waals surface area contributed by atoms with E-state index >= 15 is 0 Å². The third-order valence-corrected chi connectivity index (χ3v) is 7.25. The Balaban J connectivity index is 1.23. The summed E-state index contributed by atoms with van der Waals surface area (Å²) in [6, 6.07) is 13.0. The van der Waals surface area contributed by atoms with Crippen LogP contribution in [0.4, 0.5) is 8.78 Å². The zero-order valence-electron chi connectivity index (χ0n) is 22.0. The first-order valence-corrected chi connectivity index (χ1v) is 12.7. The number of carboxylic acid groups (broad SMARTS) is 1. The molecule has 40 heavy (non-hydrogen) atoms. The largest absolute Gasteiger partial charge is 0.491 e. The minimum Gasteiger partial charge on any atom is -0.491 e. The Labute approximate surface area is 229 Å². The van der Waals surface area contributed by atoms with Gasteiger partial charge in [-0.3, -0.25) is 4.90 Å². The number of aromatic carboxylic acids is 1. The Morgan fingerprint density at radius 2 is 1.95 bits per heavy atom. The van der Waals surface area contributed by atoms with E-state index in [1.807, 2.05) is 18.2 Å². The molecule has 11 heteroatoms. The van der Waals surface area contributed by atoms with E-state index in [1.54, 1.807) is 23.7 Å². The summed E-state index contributed by atoms with van der Waals surface area (Å²) < 4.78 is 41.6. The predicted molar refractivity (Wildman–Crippen MR) is 141 cm³/mol. The fourth-order valence-electron chi connectivity index (χ4n) is 5.06. The molecule has 2 aromatic heterocycles. The lowest BCUT2D eigenvalue weighted by atomic mass is 9.93. The fourth-order valence-corrected chi connectivity index (χ4v) is 5.06. The van der Waals surface area contributed by atoms with Gasteiger partial charge < -0.3 is 19.1 Å². The van der Waals surface area contributed by atoms with E-state index in [0.29, 0.717) is 34.8 Å². The number of likely N-dealkylation sites (tertiary alicyclic amines) is 1. The highest BCUT2D eigenvalue weighted by molar-refractivity contribution is 5.95. The molecule has 5 rings (SSSR count). The van der Waals surface area contributed by atoms with E-state index < -0.39 is 23.2 Å². The fraction of sp³-hybridized carbons (Fsp3) is 0.310. The van der Waals surface area contributed by atoms with Crippen LogP contribution in [0.25, 0.3) is 11.0 Å². The molecule has 0 amide bonds. The average Bonchev–Trinajstić information content (AvgIpc) is 3.26. The van der Waals surface area contributed by atoms with Crippen molar-refractivity contribution in [1.82, 2.24) is 19.4 Å². The Morgan fingerprint density at radius 1 is 1.18 bits per heavy atom. The van der Waals surface area contributed by atoms with Gasteiger partial charge >= 0.3 is 5.97 Å². The number of fused-ring (bicyclic) bond motifs is 1. The van der Waals surface area contributed by atoms with Crippen molar-refractivity contribution in [3.8, 4) is 17.7 Å². The van der Waals surface area contributed by atoms with E-state index in [9.17, 15) is 18.7 Å². The molecule has 0 aliphatic carbocycles. The van der Waals surface area contributed by atoms with Crippen LogP contribution < -0.4 is 9.47 Å². The standard InChI is InChI=1S/C29H27F2N5O4/c1-35-24(33-23-13-20(29(37)38)26(31)28(39-2)27(23)35)15-36-10-8-18(9-11-36)22-4-3-5-25(34-22)40-16-19-7-6-17(14-32)12-21(19)30/h3-7,12-13,18H,8-11,15-16H2,1-2H3,(H,37,38). The van der Waals surface area contributed by atoms with Crippen molar-refractivity contribution in [3.63, 3.8) is 0 Å². The van der Waals surface area contributed by atoms with Crippen LogP contribution in [0, 0.1) is 23.0 Å². The van der Waals surface area contributed by atoms with Gasteiger partial charge in [0, 0.05) is 30.3 Å². The minimum atomic E-state index is -1.38. The second-order valence-electron chi connectivity index (χ2n) is 9.69. The Hall–Kier alpha value is -4.56. The lowest BCUT2D eigenvalue weighted by Crippen LogP contribution is -2.33. The van der Waals surface area contributed by atoms with Crippen LogP contribution in [0.3, 0.4) is 0 Å². The normalized spacial score (nSPS) is 14.3. The summed E-state index contributed by atoms with van der Waals surface area (Å²) in [4.78, 5) is 23.0. The molecule has 9 nitrogen and oxygen atoms in total. The van der Waals surface area contributed by atoms with Gasteiger partial charge in [0.15, 0.2) is 11.6 Å². The molecule has 1 saturated heterocycles. The molecule has 0 atom stereocenters. The summed E-state index contributed by atoms with van der Waals surface area (Å²) >= 11 is 0. The second kappa shape index (κ2) is 11.3. The minimum absolute atomic E-state index is 0.00704. The highest BCUT2D eigenvalue weighted by atomic mass is 19.1. The summed E-state index contributed by atoms with van der Waals surface area (Å²) in [5.41, 5.74) is 1.81. The molecule has 2 aromatic carbocycles. The van der Waals surface area contributed by atoms with Crippen LogP contribution in [0.2, 0.25) is 0 Å². The monoisotopic (exact) mass is 547 g/mol. The van der Waals surface area contributed by atoms with Gasteiger partial charge in [0.05, 0.1) is 30.8 Å². The molecule has 1 fully saturated rings. The lowest BCUT2D eigenvalue weighted by Gasteiger charge is -2.31. The topological polar surface area (TPSA) is 114 Å². The van der Waals surface area contributed by atoms with Crippen LogP contribution in [0.15, 0.2) is 42.5 Å². The molecule has 0 spiro atoms. The van der Waals surface area contributed by atoms with E-state index in [2.05, 4.69) is 14.9 Å². The zero-order valence-corrected chi connectivity index (χ0v) is 22.0. The molecule has 1 N–H and O–H groups in total. The summed E-state index contributed by atoms with van der Waals surface area (Å²) in [5, 5.41) is 18.3. The molecule has 0 bridgehead atoms. The van der Waals surface area contributed by atoms with Crippen molar-refractivity contribution < 1.29 is 28.2 Å². The maximum absolute atomic E-state index is 14.7. The molecule has 0 saturated carbocycles. The molecule has 0 unspecified atom stereocenters. The summed E-state index contributed by atoms with van der Waals surface area (Å²) in [5.74, 6) is -1.61. The number of nitriles is 1. The van der Waals surface area contributed by atoms with Crippen LogP contribution in [-0.4, -0.2) is 50.7 Å². The van der Waals surface area contributed by atoms with Crippen molar-refractivity contribution in [1.29, 1.82) is 5.26 Å². The molecular formula is C29H27F2N5O4. The first kappa shape index (κ1) is 27.0. The molecule has 0 radical (unpaired) electrons. The number of benzene rings is 2. The number of rotatable bonds is 8. The molecule has 4 aromatic rings. The van der Waals surface area contributed by atoms with Crippen LogP contribution in [0.5, 0.6) is 11.6 Å². The van der Waals surface area contributed by atoms with Gasteiger partial charge in [-0.15, -0.1) is 0 Å². The number of piperidine rings is 1. The molecule has 1 aliphatic rings. The third-order valence-electron chi connectivity index (χ3n) is 7.25. The number of carbonyl (C=O) groups is 1. The molecule has 3 heterocycles. The molecular weight excluding hydrogens is 520 g/mol. The van der Waals surface area contributed by atoms with E-state index in [4.69, 9.17) is 14.7 Å². The molecule has 1 aliphatic heterocycles. The van der Waals surface area contributed by atoms with Gasteiger partial charge in [0.2, 0.25) is 5.88 Å². The Bertz CT molecular complexity index is 1620. The first-order valence-electron chi connectivity index (χ1n) is 12.7. The van der Waals surface area contributed by atoms with Gasteiger partial charge in [0.1, 0.15) is 29.3 Å². The number of pyridine rings is 1. The predicted octanol–water partition coefficient (Wildman–Crippen LogP) is 4.78. The number of imidazole rings is 1. The summed E-state index contributed by atoms with van der Waals surface area (Å²) in [6.07, 6.45) is 1.71. The van der Waals surface area contributed by atoms with Gasteiger partial charge in [-0.2, -0.15) is 5.26 Å². The second-order valence-corrected chi connectivity index (χ2v) is 9.69. The lowest BCUT2D eigenvalue weighted by molar-refractivity contribution is 0.0691. The maximum atomic E-state index is 14.7. The summed E-state index contributed by atoms with van der Waals surface area (Å²) in [7, 11) is 3.07. The number of hydrogen-bond donors (Lipinski definition) is 1. The van der Waals surface area contributed by atoms with Crippen LogP contribution in [0.1, 0.15) is 51.8 Å². The van der Waals surface area contributed by atoms with Gasteiger partial charge in [-0.05, 0) is 50.2 Å². The van der Waals surface area contributed by atoms with E-state index in [0.717, 1.165) is 31.6 Å². The van der Waals surface area contributed by atoms with Crippen LogP contribution >= 0.6 is 0 Å². The van der Waals surface area contributed by atoms with Gasteiger partial charge in [0.25, 0.3) is 0 Å². The maximum Gasteiger partial charge on any atom is 0.338 e. The zero-order chi connectivity index (χ0) is 28.4. The van der Waals surface area contributed by atoms with Crippen molar-refractivity contribution in [2.75, 3.05) is 20.2 Å². The van der Waals surface area contributed by atoms with E-state index in [1.165, 1.54) is 25.3 Å². The number of ether oxygens (including phenoxy) is 2. The van der Waals surface area contributed by atoms with Gasteiger partial charge in [-0.1, -0.05) is 12.1 Å². The SMILES string of the molecule is COc1c(F)c(C(=O)O)cc2nc(CN3CCC(c4cccc(OCc5ccc(C#N)cc5F)n4)CC3)n(C)c12. The number of nitrogens with zero attached hydrogens (tertiary/aromatic N) is 5.